The minimum atomic E-state index is -1.45. The van der Waals surface area contributed by atoms with E-state index >= 15 is 0 Å². The summed E-state index contributed by atoms with van der Waals surface area (Å²) in [4.78, 5) is 7.67. The van der Waals surface area contributed by atoms with E-state index in [9.17, 15) is 0 Å². The molecular weight excluding hydrogens is 837 g/mol. The van der Waals surface area contributed by atoms with Crippen molar-refractivity contribution in [1.29, 1.82) is 0 Å². The van der Waals surface area contributed by atoms with Gasteiger partial charge in [0.15, 0.2) is 5.58 Å². The number of hydrogen-bond donors (Lipinski definition) is 0. The summed E-state index contributed by atoms with van der Waals surface area (Å²) in [7, 11) is -1.45. The van der Waals surface area contributed by atoms with Gasteiger partial charge in [0.1, 0.15) is 5.58 Å². The highest BCUT2D eigenvalue weighted by atomic mass is 32.1. The van der Waals surface area contributed by atoms with E-state index in [0.29, 0.717) is 0 Å². The van der Waals surface area contributed by atoms with Gasteiger partial charge < -0.3 is 14.2 Å². The molecule has 0 bridgehead atoms. The average Bonchev–Trinajstić information content (AvgIpc) is 4.04. The molecule has 322 valence electrons. The van der Waals surface area contributed by atoms with Crippen molar-refractivity contribution in [3.63, 3.8) is 0 Å². The van der Waals surface area contributed by atoms with Gasteiger partial charge in [-0.05, 0) is 106 Å². The van der Waals surface area contributed by atoms with Gasteiger partial charge in [0.2, 0.25) is 0 Å². The Morgan fingerprint density at radius 2 is 0.955 bits per heavy atom. The fourth-order valence-electron chi connectivity index (χ4n) is 11.0. The summed E-state index contributed by atoms with van der Waals surface area (Å²) in [5, 5.41) is 3.71. The maximum absolute atomic E-state index is 6.78. The molecule has 0 spiro atoms. The van der Waals surface area contributed by atoms with Crippen molar-refractivity contribution in [3.05, 3.63) is 210 Å². The molecule has 5 heteroatoms. The fourth-order valence-corrected chi connectivity index (χ4v) is 13.9. The lowest BCUT2D eigenvalue weighted by atomic mass is 9.74. The standard InChI is InChI=1S/C61H52N2OSSi/c1-60(2)50-37-42(62(40-21-12-9-13-22-40)41-29-33-44(34-30-41)66(5,6)7)31-35-48(50)58-55(60)56-59(65-58)49-36-32-43(38-51(49)61(56,3)4)63(52-26-16-14-23-45(52)39-19-10-8-11-20-39)53-27-18-25-47-46-24-15-17-28-54(46)64-57(47)53/h8-38H,1-7H3. The number of anilines is 6. The molecule has 0 saturated heterocycles. The van der Waals surface area contributed by atoms with E-state index in [2.05, 4.69) is 245 Å². The Kier molecular flexibility index (Phi) is 9.10. The first-order chi connectivity index (χ1) is 31.9. The van der Waals surface area contributed by atoms with Crippen LogP contribution in [0.25, 0.3) is 53.9 Å². The third-order valence-corrected chi connectivity index (χ3v) is 17.7. The van der Waals surface area contributed by atoms with Crippen molar-refractivity contribution >= 4 is 80.7 Å². The zero-order chi connectivity index (χ0) is 45.1. The highest BCUT2D eigenvalue weighted by Gasteiger charge is 2.48. The molecule has 66 heavy (non-hydrogen) atoms. The topological polar surface area (TPSA) is 19.6 Å². The monoisotopic (exact) mass is 888 g/mol. The van der Waals surface area contributed by atoms with Crippen LogP contribution in [0.3, 0.4) is 0 Å². The fraction of sp³-hybridized carbons (Fsp3) is 0.148. The van der Waals surface area contributed by atoms with Crippen molar-refractivity contribution in [2.75, 3.05) is 9.80 Å². The molecule has 10 aromatic rings. The van der Waals surface area contributed by atoms with E-state index in [1.54, 1.807) is 0 Å². The predicted octanol–water partition coefficient (Wildman–Crippen LogP) is 17.4. The first kappa shape index (κ1) is 40.6. The second-order valence-electron chi connectivity index (χ2n) is 20.2. The predicted molar refractivity (Wildman–Crippen MR) is 285 cm³/mol. The second kappa shape index (κ2) is 14.8. The molecule has 0 fully saturated rings. The molecule has 0 amide bonds. The van der Waals surface area contributed by atoms with E-state index in [0.717, 1.165) is 50.3 Å². The van der Waals surface area contributed by atoms with Crippen molar-refractivity contribution in [2.24, 2.45) is 0 Å². The van der Waals surface area contributed by atoms with Crippen LogP contribution in [-0.4, -0.2) is 8.07 Å². The number of hydrogen-bond acceptors (Lipinski definition) is 4. The summed E-state index contributed by atoms with van der Waals surface area (Å²) < 4.78 is 6.78. The quantitative estimate of drug-likeness (QED) is 0.142. The van der Waals surface area contributed by atoms with Gasteiger partial charge in [0.05, 0.1) is 19.4 Å². The molecule has 0 radical (unpaired) electrons. The Balaban J connectivity index is 0.984. The van der Waals surface area contributed by atoms with Crippen LogP contribution in [0.5, 0.6) is 0 Å². The lowest BCUT2D eigenvalue weighted by molar-refractivity contribution is 0.603. The average molecular weight is 889 g/mol. The summed E-state index contributed by atoms with van der Waals surface area (Å²) in [6.45, 7) is 17.0. The van der Waals surface area contributed by atoms with Gasteiger partial charge in [0.25, 0.3) is 0 Å². The minimum absolute atomic E-state index is 0.214. The molecule has 0 N–H and O–H groups in total. The number of fused-ring (bicyclic) bond motifs is 10. The van der Waals surface area contributed by atoms with Gasteiger partial charge in [-0.2, -0.15) is 0 Å². The minimum Gasteiger partial charge on any atom is -0.454 e. The summed E-state index contributed by atoms with van der Waals surface area (Å²) >= 11 is 1.98. The Labute approximate surface area is 393 Å². The molecule has 0 unspecified atom stereocenters. The molecule has 2 aliphatic rings. The van der Waals surface area contributed by atoms with Crippen LogP contribution in [0, 0.1) is 0 Å². The molecule has 12 rings (SSSR count). The second-order valence-corrected chi connectivity index (χ2v) is 26.3. The molecule has 0 atom stereocenters. The van der Waals surface area contributed by atoms with Gasteiger partial charge in [0, 0.05) is 59.7 Å². The highest BCUT2D eigenvalue weighted by molar-refractivity contribution is 7.19. The van der Waals surface area contributed by atoms with E-state index in [-0.39, 0.29) is 10.8 Å². The highest BCUT2D eigenvalue weighted by Crippen LogP contribution is 2.64. The first-order valence-electron chi connectivity index (χ1n) is 23.2. The van der Waals surface area contributed by atoms with E-state index in [1.165, 1.54) is 65.3 Å². The van der Waals surface area contributed by atoms with Gasteiger partial charge >= 0.3 is 0 Å². The number of rotatable bonds is 8. The summed E-state index contributed by atoms with van der Waals surface area (Å²) in [5.41, 5.74) is 18.8. The molecule has 3 nitrogen and oxygen atoms in total. The third kappa shape index (κ3) is 6.13. The lowest BCUT2D eigenvalue weighted by Gasteiger charge is -2.31. The Morgan fingerprint density at radius 3 is 1.61 bits per heavy atom. The number of thiophene rings is 1. The Bertz CT molecular complexity index is 3520. The molecule has 2 aliphatic carbocycles. The summed E-state index contributed by atoms with van der Waals surface area (Å²) in [6, 6.07) is 69.0. The lowest BCUT2D eigenvalue weighted by Crippen LogP contribution is -2.37. The van der Waals surface area contributed by atoms with E-state index in [1.807, 2.05) is 11.3 Å². The maximum Gasteiger partial charge on any atom is 0.159 e. The van der Waals surface area contributed by atoms with Crippen molar-refractivity contribution in [1.82, 2.24) is 0 Å². The number of benzene rings is 8. The van der Waals surface area contributed by atoms with Crippen molar-refractivity contribution in [3.8, 4) is 32.0 Å². The van der Waals surface area contributed by atoms with Gasteiger partial charge in [-0.25, -0.2) is 0 Å². The van der Waals surface area contributed by atoms with E-state index in [4.69, 9.17) is 4.42 Å². The smallest absolute Gasteiger partial charge is 0.159 e. The van der Waals surface area contributed by atoms with Crippen LogP contribution in [0.15, 0.2) is 192 Å². The zero-order valence-electron chi connectivity index (χ0n) is 38.6. The molecular formula is C61H52N2OSSi. The number of nitrogens with zero attached hydrogens (tertiary/aromatic N) is 2. The van der Waals surface area contributed by atoms with Crippen LogP contribution in [0.4, 0.5) is 34.1 Å². The SMILES string of the molecule is CC1(C)c2cc(N(c3ccccc3)c3ccc([Si](C)(C)C)cc3)ccc2-c2sc3c(c21)C(C)(C)c1cc(N(c2ccccc2-c2ccccc2)c2cccc4c2oc2ccccc24)ccc1-3. The molecule has 2 heterocycles. The van der Waals surface area contributed by atoms with Gasteiger partial charge in [-0.1, -0.05) is 174 Å². The summed E-state index contributed by atoms with van der Waals surface area (Å²) in [5.74, 6) is 0. The van der Waals surface area contributed by atoms with Crippen LogP contribution in [0.2, 0.25) is 19.6 Å². The van der Waals surface area contributed by atoms with Crippen LogP contribution < -0.4 is 15.0 Å². The van der Waals surface area contributed by atoms with Gasteiger partial charge in [-0.3, -0.25) is 0 Å². The molecule has 8 aromatic carbocycles. The van der Waals surface area contributed by atoms with Crippen LogP contribution in [0.1, 0.15) is 49.9 Å². The maximum atomic E-state index is 6.78. The number of furan rings is 1. The largest absolute Gasteiger partial charge is 0.454 e. The van der Waals surface area contributed by atoms with E-state index < -0.39 is 8.07 Å². The van der Waals surface area contributed by atoms with Crippen LogP contribution >= 0.6 is 11.3 Å². The Hall–Kier alpha value is -6.92. The summed E-state index contributed by atoms with van der Waals surface area (Å²) in [6.07, 6.45) is 0. The zero-order valence-corrected chi connectivity index (χ0v) is 40.4. The van der Waals surface area contributed by atoms with Crippen LogP contribution in [-0.2, 0) is 10.8 Å². The third-order valence-electron chi connectivity index (χ3n) is 14.4. The Morgan fingerprint density at radius 1 is 0.439 bits per heavy atom. The van der Waals surface area contributed by atoms with Gasteiger partial charge in [-0.15, -0.1) is 11.3 Å². The van der Waals surface area contributed by atoms with Crippen molar-refractivity contribution in [2.45, 2.75) is 58.2 Å². The first-order valence-corrected chi connectivity index (χ1v) is 27.5. The normalized spacial score (nSPS) is 14.2. The molecule has 2 aromatic heterocycles. The molecule has 0 saturated carbocycles. The molecule has 0 aliphatic heterocycles. The van der Waals surface area contributed by atoms with Crippen molar-refractivity contribution < 1.29 is 4.42 Å². The number of para-hydroxylation sites is 4.